The summed E-state index contributed by atoms with van der Waals surface area (Å²) in [5, 5.41) is 3.37. The van der Waals surface area contributed by atoms with Gasteiger partial charge in [0.25, 0.3) is 0 Å². The molecule has 21 heavy (non-hydrogen) atoms. The molecule has 1 saturated heterocycles. The summed E-state index contributed by atoms with van der Waals surface area (Å²) >= 11 is 0. The van der Waals surface area contributed by atoms with Crippen LogP contribution >= 0.6 is 0 Å². The second-order valence-electron chi connectivity index (χ2n) is 5.99. The van der Waals surface area contributed by atoms with Gasteiger partial charge in [-0.1, -0.05) is 17.2 Å². The SMILES string of the molecule is Cc1cc(C)cc(C(=O)c2cccn2C2CCNCC2)c1. The highest BCUT2D eigenvalue weighted by atomic mass is 16.1. The smallest absolute Gasteiger partial charge is 0.209 e. The van der Waals surface area contributed by atoms with Crippen LogP contribution in [0.1, 0.15) is 46.1 Å². The van der Waals surface area contributed by atoms with E-state index in [9.17, 15) is 4.79 Å². The number of benzene rings is 1. The number of aromatic nitrogens is 1. The molecule has 2 heterocycles. The third-order valence-electron chi connectivity index (χ3n) is 4.20. The normalized spacial score (nSPS) is 16.1. The first-order chi connectivity index (χ1) is 10.1. The Kier molecular flexibility index (Phi) is 3.93. The lowest BCUT2D eigenvalue weighted by molar-refractivity contribution is 0.102. The van der Waals surface area contributed by atoms with Gasteiger partial charge in [0.15, 0.2) is 0 Å². The van der Waals surface area contributed by atoms with Crippen LogP contribution in [0.2, 0.25) is 0 Å². The summed E-state index contributed by atoms with van der Waals surface area (Å²) in [6.45, 7) is 6.13. The molecular weight excluding hydrogens is 260 g/mol. The number of hydrogen-bond acceptors (Lipinski definition) is 2. The molecule has 0 radical (unpaired) electrons. The van der Waals surface area contributed by atoms with Gasteiger partial charge in [-0.3, -0.25) is 4.79 Å². The highest BCUT2D eigenvalue weighted by Crippen LogP contribution is 2.23. The minimum atomic E-state index is 0.130. The average Bonchev–Trinajstić information content (AvgIpc) is 2.95. The van der Waals surface area contributed by atoms with E-state index in [4.69, 9.17) is 0 Å². The predicted octanol–water partition coefficient (Wildman–Crippen LogP) is 3.26. The quantitative estimate of drug-likeness (QED) is 0.877. The highest BCUT2D eigenvalue weighted by Gasteiger charge is 2.20. The molecule has 1 fully saturated rings. The van der Waals surface area contributed by atoms with Crippen molar-refractivity contribution in [3.63, 3.8) is 0 Å². The molecule has 2 aromatic rings. The molecule has 3 rings (SSSR count). The molecule has 1 aromatic carbocycles. The molecule has 3 heteroatoms. The van der Waals surface area contributed by atoms with E-state index in [0.29, 0.717) is 6.04 Å². The van der Waals surface area contributed by atoms with E-state index in [-0.39, 0.29) is 5.78 Å². The minimum Gasteiger partial charge on any atom is -0.342 e. The number of nitrogens with one attached hydrogen (secondary N) is 1. The van der Waals surface area contributed by atoms with Crippen LogP contribution in [-0.2, 0) is 0 Å². The second kappa shape index (κ2) is 5.86. The van der Waals surface area contributed by atoms with Crippen molar-refractivity contribution in [3.05, 3.63) is 58.9 Å². The van der Waals surface area contributed by atoms with Gasteiger partial charge in [-0.15, -0.1) is 0 Å². The Hall–Kier alpha value is -1.87. The third-order valence-corrected chi connectivity index (χ3v) is 4.20. The van der Waals surface area contributed by atoms with E-state index in [1.165, 1.54) is 0 Å². The van der Waals surface area contributed by atoms with Gasteiger partial charge in [0.05, 0.1) is 5.69 Å². The predicted molar refractivity (Wildman–Crippen MR) is 84.9 cm³/mol. The molecule has 1 aromatic heterocycles. The lowest BCUT2D eigenvalue weighted by Crippen LogP contribution is -2.30. The highest BCUT2D eigenvalue weighted by molar-refractivity contribution is 6.08. The van der Waals surface area contributed by atoms with Crippen molar-refractivity contribution in [2.24, 2.45) is 0 Å². The van der Waals surface area contributed by atoms with Crippen LogP contribution in [0, 0.1) is 13.8 Å². The minimum absolute atomic E-state index is 0.130. The molecule has 0 amide bonds. The van der Waals surface area contributed by atoms with Crippen LogP contribution in [0.15, 0.2) is 36.5 Å². The number of aryl methyl sites for hydroxylation is 2. The third kappa shape index (κ3) is 2.93. The fourth-order valence-corrected chi connectivity index (χ4v) is 3.24. The summed E-state index contributed by atoms with van der Waals surface area (Å²) in [6.07, 6.45) is 4.22. The van der Waals surface area contributed by atoms with Gasteiger partial charge < -0.3 is 9.88 Å². The Bertz CT molecular complexity index is 631. The van der Waals surface area contributed by atoms with Crippen molar-refractivity contribution >= 4 is 5.78 Å². The first-order valence-electron chi connectivity index (χ1n) is 7.66. The van der Waals surface area contributed by atoms with Gasteiger partial charge in [-0.05, 0) is 64.0 Å². The van der Waals surface area contributed by atoms with Crippen molar-refractivity contribution in [1.29, 1.82) is 0 Å². The van der Waals surface area contributed by atoms with Gasteiger partial charge in [0, 0.05) is 17.8 Å². The van der Waals surface area contributed by atoms with E-state index in [0.717, 1.165) is 48.3 Å². The van der Waals surface area contributed by atoms with Crippen molar-refractivity contribution < 1.29 is 4.79 Å². The Balaban J connectivity index is 1.93. The Morgan fingerprint density at radius 3 is 2.48 bits per heavy atom. The summed E-state index contributed by atoms with van der Waals surface area (Å²) in [6, 6.07) is 10.4. The molecule has 1 aliphatic heterocycles. The standard InChI is InChI=1S/C18H22N2O/c1-13-10-14(2)12-15(11-13)18(21)17-4-3-9-20(17)16-5-7-19-8-6-16/h3-4,9-12,16,19H,5-8H2,1-2H3. The summed E-state index contributed by atoms with van der Waals surface area (Å²) in [4.78, 5) is 12.8. The van der Waals surface area contributed by atoms with Crippen molar-refractivity contribution in [3.8, 4) is 0 Å². The molecular formula is C18H22N2O. The average molecular weight is 282 g/mol. The van der Waals surface area contributed by atoms with Crippen LogP contribution in [0.25, 0.3) is 0 Å². The molecule has 0 bridgehead atoms. The number of carbonyl (C=O) groups is 1. The fourth-order valence-electron chi connectivity index (χ4n) is 3.24. The zero-order valence-corrected chi connectivity index (χ0v) is 12.7. The molecule has 0 atom stereocenters. The van der Waals surface area contributed by atoms with Crippen molar-refractivity contribution in [2.75, 3.05) is 13.1 Å². The van der Waals surface area contributed by atoms with Crippen molar-refractivity contribution in [2.45, 2.75) is 32.7 Å². The Morgan fingerprint density at radius 1 is 1.14 bits per heavy atom. The Labute approximate surface area is 126 Å². The largest absolute Gasteiger partial charge is 0.342 e. The first kappa shape index (κ1) is 14.1. The monoisotopic (exact) mass is 282 g/mol. The molecule has 0 unspecified atom stereocenters. The first-order valence-corrected chi connectivity index (χ1v) is 7.66. The van der Waals surface area contributed by atoms with E-state index < -0.39 is 0 Å². The van der Waals surface area contributed by atoms with E-state index in [2.05, 4.69) is 16.0 Å². The molecule has 1 aliphatic rings. The zero-order valence-electron chi connectivity index (χ0n) is 12.7. The van der Waals surface area contributed by atoms with Crippen LogP contribution in [0.4, 0.5) is 0 Å². The van der Waals surface area contributed by atoms with Gasteiger partial charge >= 0.3 is 0 Å². The molecule has 1 N–H and O–H groups in total. The number of piperidine rings is 1. The molecule has 0 spiro atoms. The fraction of sp³-hybridized carbons (Fsp3) is 0.389. The number of carbonyl (C=O) groups excluding carboxylic acids is 1. The van der Waals surface area contributed by atoms with Crippen LogP contribution in [0.3, 0.4) is 0 Å². The second-order valence-corrected chi connectivity index (χ2v) is 5.99. The van der Waals surface area contributed by atoms with E-state index in [1.54, 1.807) is 0 Å². The lowest BCUT2D eigenvalue weighted by Gasteiger charge is -2.26. The van der Waals surface area contributed by atoms with Crippen LogP contribution in [0.5, 0.6) is 0 Å². The van der Waals surface area contributed by atoms with Gasteiger partial charge in [0.1, 0.15) is 0 Å². The van der Waals surface area contributed by atoms with E-state index in [1.807, 2.05) is 44.3 Å². The molecule has 3 nitrogen and oxygen atoms in total. The maximum absolute atomic E-state index is 12.8. The number of ketones is 1. The van der Waals surface area contributed by atoms with Gasteiger partial charge in [-0.2, -0.15) is 0 Å². The van der Waals surface area contributed by atoms with Crippen molar-refractivity contribution in [1.82, 2.24) is 9.88 Å². The van der Waals surface area contributed by atoms with Gasteiger partial charge in [0.2, 0.25) is 5.78 Å². The summed E-state index contributed by atoms with van der Waals surface area (Å²) < 4.78 is 2.17. The maximum atomic E-state index is 12.8. The lowest BCUT2D eigenvalue weighted by atomic mass is 10.0. The molecule has 0 aliphatic carbocycles. The molecule has 0 saturated carbocycles. The topological polar surface area (TPSA) is 34.0 Å². The van der Waals surface area contributed by atoms with Crippen LogP contribution in [-0.4, -0.2) is 23.4 Å². The summed E-state index contributed by atoms with van der Waals surface area (Å²) in [5.74, 6) is 0.130. The summed E-state index contributed by atoms with van der Waals surface area (Å²) in [5.41, 5.74) is 3.88. The van der Waals surface area contributed by atoms with E-state index >= 15 is 0 Å². The summed E-state index contributed by atoms with van der Waals surface area (Å²) in [7, 11) is 0. The number of nitrogens with zero attached hydrogens (tertiary/aromatic N) is 1. The van der Waals surface area contributed by atoms with Crippen LogP contribution < -0.4 is 5.32 Å². The molecule has 110 valence electrons. The van der Waals surface area contributed by atoms with Gasteiger partial charge in [-0.25, -0.2) is 0 Å². The maximum Gasteiger partial charge on any atom is 0.209 e. The Morgan fingerprint density at radius 2 is 1.81 bits per heavy atom. The number of hydrogen-bond donors (Lipinski definition) is 1. The number of rotatable bonds is 3. The zero-order chi connectivity index (χ0) is 14.8.